The molecule has 0 saturated carbocycles. The lowest BCUT2D eigenvalue weighted by atomic mass is 10.0. The number of amides is 2. The molecule has 0 fully saturated rings. The van der Waals surface area contributed by atoms with Gasteiger partial charge in [-0.1, -0.05) is 78.0 Å². The molecule has 1 heterocycles. The van der Waals surface area contributed by atoms with Crippen LogP contribution in [0.5, 0.6) is 0 Å². The number of aromatic nitrogens is 3. The minimum Gasteiger partial charge on any atom is -0.345 e. The Labute approximate surface area is 229 Å². The molecule has 5 aromatic rings. The summed E-state index contributed by atoms with van der Waals surface area (Å²) in [5, 5.41) is 17.4. The Morgan fingerprint density at radius 3 is 2.55 bits per heavy atom. The lowest BCUT2D eigenvalue weighted by Gasteiger charge is -2.12. The van der Waals surface area contributed by atoms with Gasteiger partial charge in [-0.2, -0.15) is 0 Å². The second kappa shape index (κ2) is 11.5. The van der Waals surface area contributed by atoms with E-state index >= 15 is 0 Å². The highest BCUT2D eigenvalue weighted by atomic mass is 35.5. The lowest BCUT2D eigenvalue weighted by Crippen LogP contribution is -2.25. The Bertz CT molecular complexity index is 1630. The molecule has 0 aliphatic rings. The molecule has 0 atom stereocenters. The average Bonchev–Trinajstić information content (AvgIpc) is 3.33. The Morgan fingerprint density at radius 1 is 0.921 bits per heavy atom. The zero-order chi connectivity index (χ0) is 26.5. The van der Waals surface area contributed by atoms with E-state index in [-0.39, 0.29) is 24.1 Å². The zero-order valence-electron chi connectivity index (χ0n) is 20.5. The molecule has 190 valence electrons. The number of rotatable bonds is 8. The van der Waals surface area contributed by atoms with Crippen molar-refractivity contribution in [1.82, 2.24) is 20.1 Å². The van der Waals surface area contributed by atoms with Gasteiger partial charge < -0.3 is 10.6 Å². The first-order valence-electron chi connectivity index (χ1n) is 11.9. The van der Waals surface area contributed by atoms with Crippen molar-refractivity contribution < 1.29 is 9.59 Å². The van der Waals surface area contributed by atoms with Crippen molar-refractivity contribution >= 4 is 51.6 Å². The third-order valence-electron chi connectivity index (χ3n) is 5.84. The summed E-state index contributed by atoms with van der Waals surface area (Å²) in [6.45, 7) is 2.11. The van der Waals surface area contributed by atoms with Crippen LogP contribution in [0.25, 0.3) is 16.5 Å². The van der Waals surface area contributed by atoms with E-state index < -0.39 is 0 Å². The van der Waals surface area contributed by atoms with Gasteiger partial charge in [0.2, 0.25) is 5.91 Å². The van der Waals surface area contributed by atoms with Gasteiger partial charge in [0, 0.05) is 16.3 Å². The number of hydrogen-bond acceptors (Lipinski definition) is 5. The number of thioether (sulfide) groups is 1. The van der Waals surface area contributed by atoms with Crippen LogP contribution in [0.3, 0.4) is 0 Å². The van der Waals surface area contributed by atoms with Gasteiger partial charge >= 0.3 is 0 Å². The fourth-order valence-corrected chi connectivity index (χ4v) is 5.07. The number of carbonyl (C=O) groups is 2. The number of anilines is 1. The van der Waals surface area contributed by atoms with Crippen molar-refractivity contribution in [2.75, 3.05) is 11.1 Å². The molecule has 0 aliphatic heterocycles. The van der Waals surface area contributed by atoms with Crippen LogP contribution in [-0.2, 0) is 11.3 Å². The molecule has 5 rings (SSSR count). The fourth-order valence-electron chi connectivity index (χ4n) is 4.11. The smallest absolute Gasteiger partial charge is 0.252 e. The predicted molar refractivity (Wildman–Crippen MR) is 152 cm³/mol. The summed E-state index contributed by atoms with van der Waals surface area (Å²) in [4.78, 5) is 25.7. The van der Waals surface area contributed by atoms with Gasteiger partial charge in [0.1, 0.15) is 0 Å². The van der Waals surface area contributed by atoms with E-state index in [4.69, 9.17) is 11.6 Å². The third-order valence-corrected chi connectivity index (χ3v) is 7.01. The summed E-state index contributed by atoms with van der Waals surface area (Å²) in [5.74, 6) is 0.276. The number of benzene rings is 4. The zero-order valence-corrected chi connectivity index (χ0v) is 22.1. The molecular weight excluding hydrogens is 518 g/mol. The van der Waals surface area contributed by atoms with E-state index in [1.807, 2.05) is 79.7 Å². The van der Waals surface area contributed by atoms with E-state index in [2.05, 4.69) is 20.8 Å². The van der Waals surface area contributed by atoms with Gasteiger partial charge in [0.15, 0.2) is 11.0 Å². The van der Waals surface area contributed by atoms with Gasteiger partial charge in [0.05, 0.1) is 18.0 Å². The highest BCUT2D eigenvalue weighted by molar-refractivity contribution is 7.99. The average molecular weight is 542 g/mol. The molecule has 9 heteroatoms. The van der Waals surface area contributed by atoms with Crippen LogP contribution < -0.4 is 10.6 Å². The SMILES string of the molecule is Cc1cccc(NC(=O)CSc2nnc(CNC(=O)c3cccc4ccccc34)n2-c2cccc(Cl)c2)c1. The molecule has 2 N–H and O–H groups in total. The number of fused-ring (bicyclic) bond motifs is 1. The molecule has 38 heavy (non-hydrogen) atoms. The summed E-state index contributed by atoms with van der Waals surface area (Å²) in [5.41, 5.74) is 3.12. The second-order valence-electron chi connectivity index (χ2n) is 8.63. The molecule has 0 unspecified atom stereocenters. The van der Waals surface area contributed by atoms with E-state index in [0.717, 1.165) is 27.7 Å². The molecule has 0 radical (unpaired) electrons. The summed E-state index contributed by atoms with van der Waals surface area (Å²) in [7, 11) is 0. The van der Waals surface area contributed by atoms with Crippen LogP contribution in [0.2, 0.25) is 5.02 Å². The Balaban J connectivity index is 1.35. The summed E-state index contributed by atoms with van der Waals surface area (Å²) in [6.07, 6.45) is 0. The molecular formula is C29H24ClN5O2S. The Kier molecular flexibility index (Phi) is 7.72. The van der Waals surface area contributed by atoms with Crippen molar-refractivity contribution in [2.45, 2.75) is 18.6 Å². The number of aryl methyl sites for hydroxylation is 1. The summed E-state index contributed by atoms with van der Waals surface area (Å²) < 4.78 is 1.81. The molecule has 0 aliphatic carbocycles. The molecule has 4 aromatic carbocycles. The van der Waals surface area contributed by atoms with Gasteiger partial charge in [-0.05, 0) is 59.7 Å². The van der Waals surface area contributed by atoms with Crippen LogP contribution in [0, 0.1) is 6.92 Å². The minimum atomic E-state index is -0.214. The first kappa shape index (κ1) is 25.5. The van der Waals surface area contributed by atoms with E-state index in [9.17, 15) is 9.59 Å². The van der Waals surface area contributed by atoms with Crippen LogP contribution in [0.15, 0.2) is 96.2 Å². The van der Waals surface area contributed by atoms with Crippen molar-refractivity contribution in [1.29, 1.82) is 0 Å². The molecule has 2 amide bonds. The van der Waals surface area contributed by atoms with Crippen molar-refractivity contribution in [3.05, 3.63) is 113 Å². The van der Waals surface area contributed by atoms with Gasteiger partial charge in [0.25, 0.3) is 5.91 Å². The van der Waals surface area contributed by atoms with E-state index in [0.29, 0.717) is 21.6 Å². The number of nitrogens with one attached hydrogen (secondary N) is 2. The van der Waals surface area contributed by atoms with Crippen molar-refractivity contribution in [3.8, 4) is 5.69 Å². The monoisotopic (exact) mass is 541 g/mol. The van der Waals surface area contributed by atoms with E-state index in [1.54, 1.807) is 22.8 Å². The minimum absolute atomic E-state index is 0.134. The molecule has 1 aromatic heterocycles. The Morgan fingerprint density at radius 2 is 1.71 bits per heavy atom. The highest BCUT2D eigenvalue weighted by Crippen LogP contribution is 2.25. The highest BCUT2D eigenvalue weighted by Gasteiger charge is 2.18. The maximum Gasteiger partial charge on any atom is 0.252 e. The summed E-state index contributed by atoms with van der Waals surface area (Å²) >= 11 is 7.52. The maximum atomic E-state index is 13.1. The first-order chi connectivity index (χ1) is 18.5. The van der Waals surface area contributed by atoms with Crippen molar-refractivity contribution in [2.24, 2.45) is 0 Å². The van der Waals surface area contributed by atoms with Crippen LogP contribution in [0.4, 0.5) is 5.69 Å². The van der Waals surface area contributed by atoms with Crippen molar-refractivity contribution in [3.63, 3.8) is 0 Å². The van der Waals surface area contributed by atoms with Gasteiger partial charge in [-0.25, -0.2) is 0 Å². The predicted octanol–water partition coefficient (Wildman–Crippen LogP) is 6.04. The molecule has 7 nitrogen and oxygen atoms in total. The van der Waals surface area contributed by atoms with Crippen LogP contribution in [0.1, 0.15) is 21.7 Å². The topological polar surface area (TPSA) is 88.9 Å². The molecule has 0 spiro atoms. The quantitative estimate of drug-likeness (QED) is 0.234. The van der Waals surface area contributed by atoms with Gasteiger partial charge in [-0.15, -0.1) is 10.2 Å². The first-order valence-corrected chi connectivity index (χ1v) is 13.3. The molecule has 0 bridgehead atoms. The summed E-state index contributed by atoms with van der Waals surface area (Å²) in [6, 6.07) is 28.3. The number of halogens is 1. The number of hydrogen-bond donors (Lipinski definition) is 2. The van der Waals surface area contributed by atoms with Crippen LogP contribution in [-0.4, -0.2) is 32.3 Å². The van der Waals surface area contributed by atoms with Crippen LogP contribution >= 0.6 is 23.4 Å². The third kappa shape index (κ3) is 5.88. The largest absolute Gasteiger partial charge is 0.345 e. The fraction of sp³-hybridized carbons (Fsp3) is 0.103. The standard InChI is InChI=1S/C29H24ClN5O2S/c1-19-7-4-11-22(15-19)32-27(36)18-38-29-34-33-26(35(29)23-12-6-10-21(30)16-23)17-31-28(37)25-14-5-9-20-8-2-3-13-24(20)25/h2-16H,17-18H2,1H3,(H,31,37)(H,32,36). The number of nitrogens with zero attached hydrogens (tertiary/aromatic N) is 3. The van der Waals surface area contributed by atoms with Gasteiger partial charge in [-0.3, -0.25) is 14.2 Å². The Hall–Kier alpha value is -4.14. The molecule has 0 saturated heterocycles. The van der Waals surface area contributed by atoms with E-state index in [1.165, 1.54) is 11.8 Å². The second-order valence-corrected chi connectivity index (χ2v) is 10.0. The normalized spacial score (nSPS) is 10.9. The lowest BCUT2D eigenvalue weighted by molar-refractivity contribution is -0.113. The number of carbonyl (C=O) groups excluding carboxylic acids is 2. The maximum absolute atomic E-state index is 13.1.